The summed E-state index contributed by atoms with van der Waals surface area (Å²) in [4.78, 5) is 0. The third-order valence-electron chi connectivity index (χ3n) is 2.45. The van der Waals surface area contributed by atoms with E-state index >= 15 is 0 Å². The fraction of sp³-hybridized carbons (Fsp3) is 1.00. The molecule has 2 atom stereocenters. The molecule has 0 aromatic heterocycles. The molecule has 0 rings (SSSR count). The van der Waals surface area contributed by atoms with Gasteiger partial charge in [0.1, 0.15) is 0 Å². The lowest BCUT2D eigenvalue weighted by Gasteiger charge is -2.18. The quantitative estimate of drug-likeness (QED) is 0.478. The van der Waals surface area contributed by atoms with Crippen molar-refractivity contribution < 1.29 is 4.74 Å². The van der Waals surface area contributed by atoms with Crippen LogP contribution < -0.4 is 5.32 Å². The average Bonchev–Trinajstić information content (AvgIpc) is 2.21. The highest BCUT2D eigenvalue weighted by molar-refractivity contribution is 6.18. The summed E-state index contributed by atoms with van der Waals surface area (Å²) >= 11 is 5.76. The first-order valence-electron chi connectivity index (χ1n) is 5.59. The maximum atomic E-state index is 5.76. The Labute approximate surface area is 93.4 Å². The Morgan fingerprint density at radius 1 is 1.29 bits per heavy atom. The van der Waals surface area contributed by atoms with Crippen LogP contribution in [0.2, 0.25) is 0 Å². The molecule has 0 amide bonds. The summed E-state index contributed by atoms with van der Waals surface area (Å²) in [6.45, 7) is 9.11. The van der Waals surface area contributed by atoms with E-state index in [0.717, 1.165) is 26.2 Å². The van der Waals surface area contributed by atoms with E-state index in [-0.39, 0.29) is 0 Å². The van der Waals surface area contributed by atoms with Gasteiger partial charge < -0.3 is 10.1 Å². The van der Waals surface area contributed by atoms with Crippen molar-refractivity contribution in [3.05, 3.63) is 0 Å². The van der Waals surface area contributed by atoms with E-state index in [2.05, 4.69) is 26.1 Å². The van der Waals surface area contributed by atoms with Crippen molar-refractivity contribution >= 4 is 11.6 Å². The number of hydrogen-bond acceptors (Lipinski definition) is 2. The lowest BCUT2D eigenvalue weighted by Crippen LogP contribution is -2.35. The lowest BCUT2D eigenvalue weighted by atomic mass is 10.1. The Kier molecular flexibility index (Phi) is 9.90. The van der Waals surface area contributed by atoms with E-state index in [1.807, 2.05) is 0 Å². The van der Waals surface area contributed by atoms with E-state index in [1.54, 1.807) is 0 Å². The summed E-state index contributed by atoms with van der Waals surface area (Å²) in [7, 11) is 0. The zero-order chi connectivity index (χ0) is 10.8. The van der Waals surface area contributed by atoms with Gasteiger partial charge in [0.2, 0.25) is 0 Å². The van der Waals surface area contributed by atoms with E-state index in [4.69, 9.17) is 16.3 Å². The summed E-state index contributed by atoms with van der Waals surface area (Å²) in [5.74, 6) is 1.23. The fourth-order valence-electron chi connectivity index (χ4n) is 1.04. The molecule has 3 heteroatoms. The molecule has 0 aliphatic heterocycles. The maximum absolute atomic E-state index is 5.76. The van der Waals surface area contributed by atoms with Crippen molar-refractivity contribution in [3.63, 3.8) is 0 Å². The van der Waals surface area contributed by atoms with Crippen LogP contribution in [0.25, 0.3) is 0 Å². The van der Waals surface area contributed by atoms with Crippen LogP contribution in [-0.4, -0.2) is 31.7 Å². The van der Waals surface area contributed by atoms with Crippen LogP contribution >= 0.6 is 11.6 Å². The minimum absolute atomic E-state index is 0.474. The van der Waals surface area contributed by atoms with Gasteiger partial charge in [0.15, 0.2) is 0 Å². The molecule has 0 aliphatic rings. The van der Waals surface area contributed by atoms with Gasteiger partial charge in [0, 0.05) is 25.1 Å². The van der Waals surface area contributed by atoms with Crippen LogP contribution in [-0.2, 0) is 4.74 Å². The molecule has 0 aliphatic carbocycles. The zero-order valence-corrected chi connectivity index (χ0v) is 10.4. The Morgan fingerprint density at radius 3 is 2.57 bits per heavy atom. The first-order chi connectivity index (χ1) is 6.72. The van der Waals surface area contributed by atoms with E-state index in [1.165, 1.54) is 6.42 Å². The number of hydrogen-bond donors (Lipinski definition) is 1. The summed E-state index contributed by atoms with van der Waals surface area (Å²) in [6.07, 6.45) is 2.36. The van der Waals surface area contributed by atoms with Crippen molar-refractivity contribution in [2.75, 3.05) is 25.6 Å². The summed E-state index contributed by atoms with van der Waals surface area (Å²) in [6, 6.07) is 0.474. The predicted octanol–water partition coefficient (Wildman–Crippen LogP) is 2.66. The summed E-state index contributed by atoms with van der Waals surface area (Å²) in [5, 5.41) is 3.40. The van der Waals surface area contributed by atoms with Gasteiger partial charge in [-0.1, -0.05) is 20.3 Å². The molecule has 0 aromatic rings. The van der Waals surface area contributed by atoms with Gasteiger partial charge in [-0.3, -0.25) is 0 Å². The van der Waals surface area contributed by atoms with Crippen LogP contribution in [0.3, 0.4) is 0 Å². The molecule has 0 spiro atoms. The van der Waals surface area contributed by atoms with Crippen LogP contribution in [0.15, 0.2) is 0 Å². The van der Waals surface area contributed by atoms with Gasteiger partial charge >= 0.3 is 0 Å². The van der Waals surface area contributed by atoms with E-state index in [9.17, 15) is 0 Å². The second-order valence-corrected chi connectivity index (χ2v) is 4.15. The van der Waals surface area contributed by atoms with Gasteiger partial charge in [-0.25, -0.2) is 0 Å². The molecule has 86 valence electrons. The monoisotopic (exact) mass is 221 g/mol. The molecular formula is C11H24ClNO. The van der Waals surface area contributed by atoms with Gasteiger partial charge in [-0.15, -0.1) is 11.6 Å². The molecule has 2 nitrogen and oxygen atoms in total. The third-order valence-corrected chi connectivity index (χ3v) is 2.94. The van der Waals surface area contributed by atoms with Gasteiger partial charge in [-0.05, 0) is 19.3 Å². The van der Waals surface area contributed by atoms with Gasteiger partial charge in [-0.2, -0.15) is 0 Å². The van der Waals surface area contributed by atoms with Crippen molar-refractivity contribution in [1.29, 1.82) is 0 Å². The van der Waals surface area contributed by atoms with Crippen molar-refractivity contribution in [3.8, 4) is 0 Å². The molecule has 0 aromatic carbocycles. The Hall–Kier alpha value is 0.210. The average molecular weight is 222 g/mol. The third kappa shape index (κ3) is 7.60. The van der Waals surface area contributed by atoms with Crippen LogP contribution in [0.5, 0.6) is 0 Å². The molecule has 1 N–H and O–H groups in total. The van der Waals surface area contributed by atoms with Gasteiger partial charge in [0.25, 0.3) is 0 Å². The number of rotatable bonds is 9. The molecule has 0 heterocycles. The molecular weight excluding hydrogens is 198 g/mol. The Morgan fingerprint density at radius 2 is 2.00 bits per heavy atom. The normalized spacial score (nSPS) is 15.4. The first-order valence-corrected chi connectivity index (χ1v) is 6.12. The van der Waals surface area contributed by atoms with Crippen molar-refractivity contribution in [1.82, 2.24) is 5.32 Å². The standard InChI is InChI=1S/C11H24ClNO/c1-4-5-7-14-8-6-13-11(3)10(2)9-12/h10-11,13H,4-9H2,1-3H3. The second-order valence-electron chi connectivity index (χ2n) is 3.84. The Bertz CT molecular complexity index is 122. The highest BCUT2D eigenvalue weighted by atomic mass is 35.5. The molecule has 14 heavy (non-hydrogen) atoms. The van der Waals surface area contributed by atoms with Crippen molar-refractivity contribution in [2.45, 2.75) is 39.7 Å². The molecule has 0 saturated heterocycles. The summed E-state index contributed by atoms with van der Waals surface area (Å²) in [5.41, 5.74) is 0. The smallest absolute Gasteiger partial charge is 0.0591 e. The second kappa shape index (κ2) is 9.75. The lowest BCUT2D eigenvalue weighted by molar-refractivity contribution is 0.130. The van der Waals surface area contributed by atoms with Crippen LogP contribution in [0.1, 0.15) is 33.6 Å². The molecule has 0 saturated carbocycles. The highest BCUT2D eigenvalue weighted by Crippen LogP contribution is 2.03. The molecule has 2 unspecified atom stereocenters. The molecule has 0 bridgehead atoms. The zero-order valence-electron chi connectivity index (χ0n) is 9.68. The number of unbranched alkanes of at least 4 members (excludes halogenated alkanes) is 1. The minimum Gasteiger partial charge on any atom is -0.380 e. The SMILES string of the molecule is CCCCOCCNC(C)C(C)CCl. The Balaban J connectivity index is 3.18. The van der Waals surface area contributed by atoms with E-state index < -0.39 is 0 Å². The van der Waals surface area contributed by atoms with Gasteiger partial charge in [0.05, 0.1) is 6.61 Å². The number of nitrogens with one attached hydrogen (secondary N) is 1. The predicted molar refractivity (Wildman–Crippen MR) is 63.1 cm³/mol. The minimum atomic E-state index is 0.474. The van der Waals surface area contributed by atoms with E-state index in [0.29, 0.717) is 17.8 Å². The van der Waals surface area contributed by atoms with Crippen LogP contribution in [0.4, 0.5) is 0 Å². The highest BCUT2D eigenvalue weighted by Gasteiger charge is 2.08. The number of alkyl halides is 1. The topological polar surface area (TPSA) is 21.3 Å². The largest absolute Gasteiger partial charge is 0.380 e. The number of ether oxygens (including phenoxy) is 1. The summed E-state index contributed by atoms with van der Waals surface area (Å²) < 4.78 is 5.44. The number of halogens is 1. The first kappa shape index (κ1) is 14.2. The van der Waals surface area contributed by atoms with Crippen LogP contribution in [0, 0.1) is 5.92 Å². The maximum Gasteiger partial charge on any atom is 0.0591 e. The molecule has 0 fully saturated rings. The van der Waals surface area contributed by atoms with Crippen molar-refractivity contribution in [2.24, 2.45) is 5.92 Å². The fourth-order valence-corrected chi connectivity index (χ4v) is 1.31. The molecule has 0 radical (unpaired) electrons.